The standard InChI is InChI=1S/C12H16N4S2/c1-8-7-9-10(16-3-5-17-6-4-16)14-12(13-2)15-11(9)18-8/h7H,3-6H2,1-2H3,(H,13,14,15). The van der Waals surface area contributed by atoms with Crippen LogP contribution >= 0.6 is 23.1 Å². The number of thiophene rings is 1. The fraction of sp³-hybridized carbons (Fsp3) is 0.500. The summed E-state index contributed by atoms with van der Waals surface area (Å²) in [5, 5.41) is 4.26. The molecule has 2 aromatic heterocycles. The minimum atomic E-state index is 0.720. The molecule has 0 aliphatic carbocycles. The van der Waals surface area contributed by atoms with Crippen LogP contribution in [0.5, 0.6) is 0 Å². The molecule has 3 rings (SSSR count). The topological polar surface area (TPSA) is 41.1 Å². The summed E-state index contributed by atoms with van der Waals surface area (Å²) >= 11 is 3.75. The number of hydrogen-bond donors (Lipinski definition) is 1. The Balaban J connectivity index is 2.12. The van der Waals surface area contributed by atoms with Gasteiger partial charge in [-0.3, -0.25) is 0 Å². The first-order valence-electron chi connectivity index (χ1n) is 6.06. The molecule has 0 bridgehead atoms. The minimum Gasteiger partial charge on any atom is -0.357 e. The summed E-state index contributed by atoms with van der Waals surface area (Å²) in [5.74, 6) is 4.18. The van der Waals surface area contributed by atoms with Gasteiger partial charge >= 0.3 is 0 Å². The van der Waals surface area contributed by atoms with Crippen LogP contribution < -0.4 is 10.2 Å². The van der Waals surface area contributed by atoms with Gasteiger partial charge in [0.05, 0.1) is 5.39 Å². The number of nitrogens with one attached hydrogen (secondary N) is 1. The second kappa shape index (κ2) is 4.93. The maximum absolute atomic E-state index is 4.66. The largest absolute Gasteiger partial charge is 0.357 e. The summed E-state index contributed by atoms with van der Waals surface area (Å²) in [7, 11) is 1.87. The molecular weight excluding hydrogens is 264 g/mol. The van der Waals surface area contributed by atoms with Crippen molar-refractivity contribution in [1.29, 1.82) is 0 Å². The molecule has 96 valence electrons. The highest BCUT2D eigenvalue weighted by atomic mass is 32.2. The molecule has 3 heterocycles. The maximum Gasteiger partial charge on any atom is 0.225 e. The third-order valence-corrected chi connectivity index (χ3v) is 4.92. The van der Waals surface area contributed by atoms with Gasteiger partial charge in [-0.15, -0.1) is 11.3 Å². The summed E-state index contributed by atoms with van der Waals surface area (Å²) in [6.07, 6.45) is 0. The number of nitrogens with zero attached hydrogens (tertiary/aromatic N) is 3. The van der Waals surface area contributed by atoms with Gasteiger partial charge in [-0.2, -0.15) is 16.7 Å². The van der Waals surface area contributed by atoms with Crippen molar-refractivity contribution in [3.63, 3.8) is 0 Å². The van der Waals surface area contributed by atoms with E-state index >= 15 is 0 Å². The summed E-state index contributed by atoms with van der Waals surface area (Å²) in [4.78, 5) is 13.9. The van der Waals surface area contributed by atoms with Crippen LogP contribution in [0.2, 0.25) is 0 Å². The Morgan fingerprint density at radius 1 is 1.28 bits per heavy atom. The molecule has 0 aromatic carbocycles. The van der Waals surface area contributed by atoms with Gasteiger partial charge in [0, 0.05) is 36.5 Å². The molecule has 1 aliphatic heterocycles. The van der Waals surface area contributed by atoms with Crippen molar-refractivity contribution in [2.24, 2.45) is 0 Å². The molecule has 0 saturated carbocycles. The summed E-state index contributed by atoms with van der Waals surface area (Å²) in [6.45, 7) is 4.28. The van der Waals surface area contributed by atoms with Gasteiger partial charge in [0.1, 0.15) is 10.6 Å². The Kier molecular flexibility index (Phi) is 3.30. The van der Waals surface area contributed by atoms with Crippen molar-refractivity contribution < 1.29 is 0 Å². The molecule has 1 aliphatic rings. The second-order valence-electron chi connectivity index (χ2n) is 4.30. The molecule has 1 fully saturated rings. The van der Waals surface area contributed by atoms with Crippen LogP contribution in [0.25, 0.3) is 10.2 Å². The molecular formula is C12H16N4S2. The molecule has 0 spiro atoms. The van der Waals surface area contributed by atoms with Crippen LogP contribution in [-0.4, -0.2) is 41.6 Å². The number of rotatable bonds is 2. The fourth-order valence-electron chi connectivity index (χ4n) is 2.15. The van der Waals surface area contributed by atoms with Gasteiger partial charge in [-0.25, -0.2) is 4.98 Å². The Hall–Kier alpha value is -1.01. The molecule has 4 nitrogen and oxygen atoms in total. The van der Waals surface area contributed by atoms with Crippen molar-refractivity contribution in [3.8, 4) is 0 Å². The lowest BCUT2D eigenvalue weighted by atomic mass is 10.3. The predicted molar refractivity (Wildman–Crippen MR) is 81.2 cm³/mol. The van der Waals surface area contributed by atoms with Gasteiger partial charge in [-0.05, 0) is 13.0 Å². The zero-order chi connectivity index (χ0) is 12.5. The van der Waals surface area contributed by atoms with Crippen LogP contribution in [0.3, 0.4) is 0 Å². The molecule has 0 radical (unpaired) electrons. The third kappa shape index (κ3) is 2.14. The Labute approximate surface area is 115 Å². The first kappa shape index (κ1) is 12.0. The molecule has 18 heavy (non-hydrogen) atoms. The summed E-state index contributed by atoms with van der Waals surface area (Å²) < 4.78 is 0. The average Bonchev–Trinajstić information content (AvgIpc) is 2.78. The van der Waals surface area contributed by atoms with E-state index in [0.29, 0.717) is 0 Å². The first-order chi connectivity index (χ1) is 8.78. The van der Waals surface area contributed by atoms with Gasteiger partial charge in [0.2, 0.25) is 5.95 Å². The van der Waals surface area contributed by atoms with E-state index < -0.39 is 0 Å². The maximum atomic E-state index is 4.66. The summed E-state index contributed by atoms with van der Waals surface area (Å²) in [6, 6.07) is 2.20. The Morgan fingerprint density at radius 3 is 2.78 bits per heavy atom. The van der Waals surface area contributed by atoms with E-state index in [1.165, 1.54) is 21.8 Å². The molecule has 0 unspecified atom stereocenters. The number of hydrogen-bond acceptors (Lipinski definition) is 6. The van der Waals surface area contributed by atoms with E-state index in [0.717, 1.165) is 29.7 Å². The van der Waals surface area contributed by atoms with E-state index in [-0.39, 0.29) is 0 Å². The lowest BCUT2D eigenvalue weighted by molar-refractivity contribution is 0.843. The van der Waals surface area contributed by atoms with Crippen molar-refractivity contribution in [2.75, 3.05) is 41.9 Å². The number of thioether (sulfide) groups is 1. The minimum absolute atomic E-state index is 0.720. The average molecular weight is 280 g/mol. The predicted octanol–water partition coefficient (Wildman–Crippen LogP) is 2.59. The van der Waals surface area contributed by atoms with E-state index in [9.17, 15) is 0 Å². The van der Waals surface area contributed by atoms with E-state index in [1.807, 2.05) is 18.8 Å². The molecule has 2 aromatic rings. The highest BCUT2D eigenvalue weighted by molar-refractivity contribution is 7.99. The summed E-state index contributed by atoms with van der Waals surface area (Å²) in [5.41, 5.74) is 0. The zero-order valence-electron chi connectivity index (χ0n) is 10.6. The van der Waals surface area contributed by atoms with Gasteiger partial charge < -0.3 is 10.2 Å². The third-order valence-electron chi connectivity index (χ3n) is 3.03. The lowest BCUT2D eigenvalue weighted by Gasteiger charge is -2.28. The molecule has 6 heteroatoms. The smallest absolute Gasteiger partial charge is 0.225 e. The number of anilines is 2. The van der Waals surface area contributed by atoms with Crippen molar-refractivity contribution in [3.05, 3.63) is 10.9 Å². The fourth-order valence-corrected chi connectivity index (χ4v) is 3.93. The van der Waals surface area contributed by atoms with E-state index in [1.54, 1.807) is 11.3 Å². The number of aryl methyl sites for hydroxylation is 1. The van der Waals surface area contributed by atoms with Crippen LogP contribution in [0.15, 0.2) is 6.07 Å². The van der Waals surface area contributed by atoms with Crippen LogP contribution in [-0.2, 0) is 0 Å². The first-order valence-corrected chi connectivity index (χ1v) is 8.03. The van der Waals surface area contributed by atoms with Crippen molar-refractivity contribution >= 4 is 45.1 Å². The molecule has 0 atom stereocenters. The Morgan fingerprint density at radius 2 is 2.06 bits per heavy atom. The van der Waals surface area contributed by atoms with Crippen LogP contribution in [0, 0.1) is 6.92 Å². The molecule has 0 amide bonds. The van der Waals surface area contributed by atoms with Crippen molar-refractivity contribution in [2.45, 2.75) is 6.92 Å². The highest BCUT2D eigenvalue weighted by Gasteiger charge is 2.18. The Bertz CT molecular complexity index is 560. The van der Waals surface area contributed by atoms with Crippen LogP contribution in [0.1, 0.15) is 4.88 Å². The zero-order valence-corrected chi connectivity index (χ0v) is 12.2. The lowest BCUT2D eigenvalue weighted by Crippen LogP contribution is -2.33. The SMILES string of the molecule is CNc1nc(N2CCSCC2)c2cc(C)sc2n1. The van der Waals surface area contributed by atoms with Gasteiger partial charge in [0.25, 0.3) is 0 Å². The molecule has 1 saturated heterocycles. The monoisotopic (exact) mass is 280 g/mol. The van der Waals surface area contributed by atoms with Crippen LogP contribution in [0.4, 0.5) is 11.8 Å². The van der Waals surface area contributed by atoms with Gasteiger partial charge in [0.15, 0.2) is 0 Å². The normalized spacial score (nSPS) is 16.2. The molecule has 1 N–H and O–H groups in total. The number of aromatic nitrogens is 2. The quantitative estimate of drug-likeness (QED) is 0.915. The van der Waals surface area contributed by atoms with Gasteiger partial charge in [-0.1, -0.05) is 0 Å². The second-order valence-corrected chi connectivity index (χ2v) is 6.76. The van der Waals surface area contributed by atoms with Crippen molar-refractivity contribution in [1.82, 2.24) is 9.97 Å². The van der Waals surface area contributed by atoms with E-state index in [2.05, 4.69) is 33.2 Å². The number of fused-ring (bicyclic) bond motifs is 1. The highest BCUT2D eigenvalue weighted by Crippen LogP contribution is 2.32. The van der Waals surface area contributed by atoms with E-state index in [4.69, 9.17) is 0 Å².